The highest BCUT2D eigenvalue weighted by Gasteiger charge is 2.29. The van der Waals surface area contributed by atoms with E-state index in [1.54, 1.807) is 18.3 Å². The molecule has 1 aliphatic heterocycles. The molecular formula is C18H21N3O2. The van der Waals surface area contributed by atoms with Crippen molar-refractivity contribution in [1.29, 1.82) is 5.26 Å². The minimum atomic E-state index is 0.0206. The van der Waals surface area contributed by atoms with Crippen LogP contribution < -0.4 is 4.74 Å². The van der Waals surface area contributed by atoms with Crippen molar-refractivity contribution in [2.24, 2.45) is 5.92 Å². The number of carbonyl (C=O) groups excluding carboxylic acids is 1. The normalized spacial score (nSPS) is 21.7. The first-order chi connectivity index (χ1) is 11.3. The Morgan fingerprint density at radius 1 is 1.30 bits per heavy atom. The summed E-state index contributed by atoms with van der Waals surface area (Å²) in [5, 5.41) is 9.08. The Labute approximate surface area is 136 Å². The molecule has 0 N–H and O–H groups in total. The molecule has 1 amide bonds. The van der Waals surface area contributed by atoms with E-state index in [1.165, 1.54) is 0 Å². The molecule has 120 valence electrons. The van der Waals surface area contributed by atoms with Crippen LogP contribution >= 0.6 is 0 Å². The van der Waals surface area contributed by atoms with Gasteiger partial charge in [0.2, 0.25) is 11.8 Å². The number of piperidine rings is 1. The lowest BCUT2D eigenvalue weighted by Crippen LogP contribution is -2.44. The molecule has 0 bridgehead atoms. The third kappa shape index (κ3) is 3.70. The van der Waals surface area contributed by atoms with Gasteiger partial charge in [-0.05, 0) is 31.4 Å². The minimum absolute atomic E-state index is 0.0206. The number of amides is 1. The van der Waals surface area contributed by atoms with Gasteiger partial charge in [0.05, 0.1) is 0 Å². The summed E-state index contributed by atoms with van der Waals surface area (Å²) in [5.41, 5.74) is 0.458. The molecule has 1 saturated heterocycles. The third-order valence-corrected chi connectivity index (χ3v) is 4.54. The molecule has 0 spiro atoms. The lowest BCUT2D eigenvalue weighted by Gasteiger charge is -2.34. The van der Waals surface area contributed by atoms with Gasteiger partial charge in [-0.2, -0.15) is 5.26 Å². The molecule has 2 heterocycles. The van der Waals surface area contributed by atoms with E-state index in [4.69, 9.17) is 10.00 Å². The predicted molar refractivity (Wildman–Crippen MR) is 85.7 cm³/mol. The number of allylic oxidation sites excluding steroid dienone is 2. The summed E-state index contributed by atoms with van der Waals surface area (Å²) in [6.45, 7) is 1.44. The first-order valence-electron chi connectivity index (χ1n) is 8.23. The Bertz CT molecular complexity index is 627. The Balaban J connectivity index is 1.53. The molecule has 2 aliphatic rings. The smallest absolute Gasteiger partial charge is 0.231 e. The van der Waals surface area contributed by atoms with Crippen LogP contribution in [-0.2, 0) is 4.79 Å². The van der Waals surface area contributed by atoms with Crippen LogP contribution in [0.25, 0.3) is 0 Å². The van der Waals surface area contributed by atoms with E-state index in [1.807, 2.05) is 4.90 Å². The Hall–Kier alpha value is -2.35. The molecule has 1 aromatic rings. The zero-order chi connectivity index (χ0) is 16.1. The van der Waals surface area contributed by atoms with Crippen LogP contribution in [0.15, 0.2) is 30.5 Å². The number of rotatable bonds is 3. The average molecular weight is 311 g/mol. The monoisotopic (exact) mass is 311 g/mol. The predicted octanol–water partition coefficient (Wildman–Crippen LogP) is 2.68. The second-order valence-corrected chi connectivity index (χ2v) is 6.09. The van der Waals surface area contributed by atoms with E-state index >= 15 is 0 Å². The molecule has 23 heavy (non-hydrogen) atoms. The van der Waals surface area contributed by atoms with Gasteiger partial charge in [0.1, 0.15) is 17.7 Å². The highest BCUT2D eigenvalue weighted by molar-refractivity contribution is 5.79. The number of ether oxygens (including phenoxy) is 1. The van der Waals surface area contributed by atoms with Crippen molar-refractivity contribution >= 4 is 5.91 Å². The van der Waals surface area contributed by atoms with E-state index in [0.717, 1.165) is 45.2 Å². The second-order valence-electron chi connectivity index (χ2n) is 6.09. The molecule has 0 radical (unpaired) electrons. The van der Waals surface area contributed by atoms with Gasteiger partial charge in [-0.1, -0.05) is 12.2 Å². The van der Waals surface area contributed by atoms with E-state index in [9.17, 15) is 4.79 Å². The van der Waals surface area contributed by atoms with E-state index in [-0.39, 0.29) is 17.9 Å². The fourth-order valence-corrected chi connectivity index (χ4v) is 3.20. The van der Waals surface area contributed by atoms with E-state index < -0.39 is 0 Å². The maximum absolute atomic E-state index is 12.5. The van der Waals surface area contributed by atoms with E-state index in [2.05, 4.69) is 23.2 Å². The van der Waals surface area contributed by atoms with E-state index in [0.29, 0.717) is 11.4 Å². The lowest BCUT2D eigenvalue weighted by molar-refractivity contribution is -0.137. The van der Waals surface area contributed by atoms with Crippen LogP contribution in [0.1, 0.15) is 37.7 Å². The summed E-state index contributed by atoms with van der Waals surface area (Å²) < 4.78 is 5.87. The topological polar surface area (TPSA) is 66.2 Å². The van der Waals surface area contributed by atoms with Crippen molar-refractivity contribution < 1.29 is 9.53 Å². The molecule has 0 saturated carbocycles. The first kappa shape index (κ1) is 15.5. The lowest BCUT2D eigenvalue weighted by atomic mass is 9.92. The van der Waals surface area contributed by atoms with Gasteiger partial charge in [0.15, 0.2) is 0 Å². The molecule has 3 rings (SSSR count). The molecule has 5 heteroatoms. The van der Waals surface area contributed by atoms with Crippen molar-refractivity contribution in [2.75, 3.05) is 13.1 Å². The number of pyridine rings is 1. The maximum atomic E-state index is 12.5. The average Bonchev–Trinajstić information content (AvgIpc) is 2.63. The fraction of sp³-hybridized carbons (Fsp3) is 0.500. The van der Waals surface area contributed by atoms with Crippen LogP contribution in [0.3, 0.4) is 0 Å². The molecule has 1 unspecified atom stereocenters. The molecular weight excluding hydrogens is 290 g/mol. The fourth-order valence-electron chi connectivity index (χ4n) is 3.20. The van der Waals surface area contributed by atoms with Gasteiger partial charge >= 0.3 is 0 Å². The van der Waals surface area contributed by atoms with Crippen molar-refractivity contribution in [1.82, 2.24) is 9.88 Å². The minimum Gasteiger partial charge on any atom is -0.473 e. The summed E-state index contributed by atoms with van der Waals surface area (Å²) in [7, 11) is 0. The first-order valence-corrected chi connectivity index (χ1v) is 8.23. The molecule has 1 aliphatic carbocycles. The zero-order valence-corrected chi connectivity index (χ0v) is 13.1. The van der Waals surface area contributed by atoms with Gasteiger partial charge in [0.25, 0.3) is 0 Å². The van der Waals surface area contributed by atoms with Crippen LogP contribution in [0.5, 0.6) is 5.88 Å². The van der Waals surface area contributed by atoms with Gasteiger partial charge in [-0.3, -0.25) is 4.79 Å². The van der Waals surface area contributed by atoms with Crippen LogP contribution in [0.2, 0.25) is 0 Å². The second kappa shape index (κ2) is 7.28. The van der Waals surface area contributed by atoms with Crippen molar-refractivity contribution in [2.45, 2.75) is 38.2 Å². The summed E-state index contributed by atoms with van der Waals surface area (Å²) in [6, 6.07) is 5.53. The number of hydrogen-bond acceptors (Lipinski definition) is 4. The number of hydrogen-bond donors (Lipinski definition) is 0. The SMILES string of the molecule is N#Cc1cccnc1OC1CCN(C(=O)C2CC=CCC2)CC1. The molecule has 1 atom stereocenters. The van der Waals surface area contributed by atoms with Gasteiger partial charge in [-0.25, -0.2) is 4.98 Å². The van der Waals surface area contributed by atoms with Crippen LogP contribution in [0.4, 0.5) is 0 Å². The highest BCUT2D eigenvalue weighted by atomic mass is 16.5. The zero-order valence-electron chi connectivity index (χ0n) is 13.1. The Morgan fingerprint density at radius 3 is 2.83 bits per heavy atom. The van der Waals surface area contributed by atoms with Gasteiger partial charge in [0, 0.05) is 38.0 Å². The molecule has 0 aromatic carbocycles. The van der Waals surface area contributed by atoms with Gasteiger partial charge in [-0.15, -0.1) is 0 Å². The number of nitriles is 1. The summed E-state index contributed by atoms with van der Waals surface area (Å²) in [4.78, 5) is 18.6. The summed E-state index contributed by atoms with van der Waals surface area (Å²) >= 11 is 0. The highest BCUT2D eigenvalue weighted by Crippen LogP contribution is 2.24. The van der Waals surface area contributed by atoms with Crippen molar-refractivity contribution in [3.8, 4) is 11.9 Å². The quantitative estimate of drug-likeness (QED) is 0.805. The number of likely N-dealkylation sites (tertiary alicyclic amines) is 1. The number of carbonyl (C=O) groups is 1. The van der Waals surface area contributed by atoms with Crippen LogP contribution in [0, 0.1) is 17.2 Å². The number of nitrogens with zero attached hydrogens (tertiary/aromatic N) is 3. The summed E-state index contributed by atoms with van der Waals surface area (Å²) in [6.07, 6.45) is 10.3. The maximum Gasteiger partial charge on any atom is 0.231 e. The van der Waals surface area contributed by atoms with Crippen molar-refractivity contribution in [3.63, 3.8) is 0 Å². The number of aromatic nitrogens is 1. The largest absolute Gasteiger partial charge is 0.473 e. The van der Waals surface area contributed by atoms with Crippen LogP contribution in [-0.4, -0.2) is 35.0 Å². The Kier molecular flexibility index (Phi) is 4.92. The third-order valence-electron chi connectivity index (χ3n) is 4.54. The standard InChI is InChI=1S/C18H21N3O2/c19-13-15-7-4-10-20-17(15)23-16-8-11-21(12-9-16)18(22)14-5-2-1-3-6-14/h1-2,4,7,10,14,16H,3,5-6,8-9,11-12H2. The Morgan fingerprint density at radius 2 is 2.13 bits per heavy atom. The molecule has 1 aromatic heterocycles. The van der Waals surface area contributed by atoms with Gasteiger partial charge < -0.3 is 9.64 Å². The molecule has 1 fully saturated rings. The summed E-state index contributed by atoms with van der Waals surface area (Å²) in [5.74, 6) is 0.832. The van der Waals surface area contributed by atoms with Crippen molar-refractivity contribution in [3.05, 3.63) is 36.0 Å². The molecule has 5 nitrogen and oxygen atoms in total.